The van der Waals surface area contributed by atoms with Crippen molar-refractivity contribution in [1.29, 1.82) is 0 Å². The predicted molar refractivity (Wildman–Crippen MR) is 177 cm³/mol. The summed E-state index contributed by atoms with van der Waals surface area (Å²) in [5.74, 6) is -0.487. The Hall–Kier alpha value is -5.06. The molecule has 3 aromatic carbocycles. The number of hydrogen-bond donors (Lipinski definition) is 0. The summed E-state index contributed by atoms with van der Waals surface area (Å²) in [6.07, 6.45) is 3.79. The number of para-hydroxylation sites is 1. The molecule has 0 spiro atoms. The first-order valence-corrected chi connectivity index (χ1v) is 16.1. The number of carbonyl (C=O) groups is 2. The molecule has 2 aliphatic rings. The second kappa shape index (κ2) is 12.7. The number of fused-ring (bicyclic) bond motifs is 2. The third-order valence-corrected chi connectivity index (χ3v) is 9.25. The zero-order chi connectivity index (χ0) is 31.6. The Bertz CT molecular complexity index is 2140. The number of amides is 1. The van der Waals surface area contributed by atoms with Gasteiger partial charge in [0, 0.05) is 41.3 Å². The van der Waals surface area contributed by atoms with E-state index in [1.165, 1.54) is 11.3 Å². The monoisotopic (exact) mass is 632 g/mol. The minimum atomic E-state index is -0.735. The third kappa shape index (κ3) is 5.50. The van der Waals surface area contributed by atoms with Crippen LogP contribution < -0.4 is 14.9 Å². The molecule has 0 aliphatic carbocycles. The SMILES string of the molecule is CCOC(=O)C1=C(c2ccccc2)N=c2s/c(=C/c3cn(CC(=O)N4CCOCC4)c4ccccc34)c(=O)n2[C@H]1c1ccccc1. The summed E-state index contributed by atoms with van der Waals surface area (Å²) < 4.78 is 15.0. The molecule has 10 heteroatoms. The molecule has 0 bridgehead atoms. The van der Waals surface area contributed by atoms with Crippen LogP contribution in [-0.4, -0.2) is 58.8 Å². The van der Waals surface area contributed by atoms with Gasteiger partial charge in [-0.3, -0.25) is 14.2 Å². The normalized spacial score (nSPS) is 16.8. The van der Waals surface area contributed by atoms with Crippen LogP contribution in [0, 0.1) is 0 Å². The van der Waals surface area contributed by atoms with Crippen LogP contribution in [0.1, 0.15) is 29.7 Å². The zero-order valence-electron chi connectivity index (χ0n) is 25.3. The molecule has 2 aliphatic heterocycles. The average molecular weight is 633 g/mol. The topological polar surface area (TPSA) is 95.1 Å². The molecular formula is C36H32N4O5S. The number of morpholine rings is 1. The first-order valence-electron chi connectivity index (χ1n) is 15.3. The Morgan fingerprint density at radius 1 is 0.978 bits per heavy atom. The van der Waals surface area contributed by atoms with Gasteiger partial charge in [0.05, 0.1) is 41.7 Å². The highest BCUT2D eigenvalue weighted by molar-refractivity contribution is 7.07. The molecule has 4 heterocycles. The molecule has 2 aromatic heterocycles. The van der Waals surface area contributed by atoms with Crippen molar-refractivity contribution >= 4 is 45.9 Å². The summed E-state index contributed by atoms with van der Waals surface area (Å²) in [5, 5.41) is 0.930. The van der Waals surface area contributed by atoms with E-state index < -0.39 is 12.0 Å². The second-order valence-electron chi connectivity index (χ2n) is 11.1. The summed E-state index contributed by atoms with van der Waals surface area (Å²) in [6, 6.07) is 26.1. The largest absolute Gasteiger partial charge is 0.463 e. The number of benzene rings is 3. The van der Waals surface area contributed by atoms with Crippen LogP contribution in [0.2, 0.25) is 0 Å². The molecule has 0 N–H and O–H groups in total. The number of esters is 1. The molecule has 5 aromatic rings. The minimum Gasteiger partial charge on any atom is -0.463 e. The highest BCUT2D eigenvalue weighted by Gasteiger charge is 2.35. The lowest BCUT2D eigenvalue weighted by Gasteiger charge is -2.27. The lowest BCUT2D eigenvalue weighted by molar-refractivity contribution is -0.139. The highest BCUT2D eigenvalue weighted by Crippen LogP contribution is 2.35. The Morgan fingerprint density at radius 3 is 2.41 bits per heavy atom. The molecule has 0 radical (unpaired) electrons. The molecule has 0 unspecified atom stereocenters. The van der Waals surface area contributed by atoms with Crippen LogP contribution in [0.4, 0.5) is 0 Å². The fourth-order valence-electron chi connectivity index (χ4n) is 6.11. The molecule has 1 fully saturated rings. The van der Waals surface area contributed by atoms with Gasteiger partial charge in [-0.15, -0.1) is 0 Å². The summed E-state index contributed by atoms with van der Waals surface area (Å²) >= 11 is 1.28. The average Bonchev–Trinajstić information content (AvgIpc) is 3.61. The second-order valence-corrected chi connectivity index (χ2v) is 12.1. The van der Waals surface area contributed by atoms with Crippen LogP contribution in [0.15, 0.2) is 106 Å². The minimum absolute atomic E-state index is 0.0257. The third-order valence-electron chi connectivity index (χ3n) is 8.26. The maximum absolute atomic E-state index is 14.3. The maximum Gasteiger partial charge on any atom is 0.338 e. The van der Waals surface area contributed by atoms with Crippen molar-refractivity contribution in [2.75, 3.05) is 32.9 Å². The van der Waals surface area contributed by atoms with Crippen LogP contribution >= 0.6 is 11.3 Å². The van der Waals surface area contributed by atoms with Gasteiger partial charge in [-0.05, 0) is 24.6 Å². The fourth-order valence-corrected chi connectivity index (χ4v) is 7.10. The Morgan fingerprint density at radius 2 is 1.67 bits per heavy atom. The highest BCUT2D eigenvalue weighted by atomic mass is 32.1. The molecule has 7 rings (SSSR count). The maximum atomic E-state index is 14.3. The van der Waals surface area contributed by atoms with E-state index in [0.717, 1.165) is 27.6 Å². The van der Waals surface area contributed by atoms with Crippen molar-refractivity contribution in [1.82, 2.24) is 14.0 Å². The quantitative estimate of drug-likeness (QED) is 0.255. The number of nitrogens with zero attached hydrogens (tertiary/aromatic N) is 4. The lowest BCUT2D eigenvalue weighted by atomic mass is 9.93. The number of thiazole rings is 1. The molecule has 1 atom stereocenters. The summed E-state index contributed by atoms with van der Waals surface area (Å²) in [6.45, 7) is 4.37. The van der Waals surface area contributed by atoms with Gasteiger partial charge in [-0.1, -0.05) is 90.2 Å². The van der Waals surface area contributed by atoms with Gasteiger partial charge in [-0.2, -0.15) is 0 Å². The van der Waals surface area contributed by atoms with E-state index in [1.807, 2.05) is 107 Å². The molecule has 232 valence electrons. The molecule has 9 nitrogen and oxygen atoms in total. The van der Waals surface area contributed by atoms with E-state index in [4.69, 9.17) is 14.5 Å². The Kier molecular flexibility index (Phi) is 8.21. The smallest absolute Gasteiger partial charge is 0.338 e. The summed E-state index contributed by atoms with van der Waals surface area (Å²) in [7, 11) is 0. The van der Waals surface area contributed by atoms with E-state index >= 15 is 0 Å². The Balaban J connectivity index is 1.39. The number of rotatable bonds is 7. The number of hydrogen-bond acceptors (Lipinski definition) is 7. The number of carbonyl (C=O) groups excluding carboxylic acids is 2. The van der Waals surface area contributed by atoms with E-state index in [0.29, 0.717) is 46.9 Å². The van der Waals surface area contributed by atoms with E-state index in [2.05, 4.69) is 0 Å². The predicted octanol–water partition coefficient (Wildman–Crippen LogP) is 3.75. The van der Waals surface area contributed by atoms with Crippen molar-refractivity contribution in [2.24, 2.45) is 4.99 Å². The molecule has 0 saturated carbocycles. The van der Waals surface area contributed by atoms with Gasteiger partial charge < -0.3 is 18.9 Å². The molecule has 1 saturated heterocycles. The van der Waals surface area contributed by atoms with Gasteiger partial charge in [0.1, 0.15) is 6.54 Å². The van der Waals surface area contributed by atoms with Crippen molar-refractivity contribution in [3.8, 4) is 0 Å². The standard InChI is InChI=1S/C36H32N4O5S/c1-2-45-35(43)31-32(24-11-5-3-6-12-24)37-36-40(33(31)25-13-7-4-8-14-25)34(42)29(46-36)21-26-22-39(28-16-10-9-15-27(26)28)23-30(41)38-17-19-44-20-18-38/h3-16,21-22,33H,2,17-20,23H2,1H3/b29-21+/t33-/m0/s1. The van der Waals surface area contributed by atoms with E-state index in [-0.39, 0.29) is 24.6 Å². The van der Waals surface area contributed by atoms with Crippen LogP contribution in [0.3, 0.4) is 0 Å². The molecule has 1 amide bonds. The number of ether oxygens (including phenoxy) is 2. The lowest BCUT2D eigenvalue weighted by Crippen LogP contribution is -2.42. The first kappa shape index (κ1) is 29.6. The van der Waals surface area contributed by atoms with Gasteiger partial charge in [0.2, 0.25) is 5.91 Å². The zero-order valence-corrected chi connectivity index (χ0v) is 26.1. The van der Waals surface area contributed by atoms with Crippen molar-refractivity contribution in [2.45, 2.75) is 19.5 Å². The summed E-state index contributed by atoms with van der Waals surface area (Å²) in [4.78, 5) is 48.4. The molecule has 46 heavy (non-hydrogen) atoms. The first-order chi connectivity index (χ1) is 22.5. The van der Waals surface area contributed by atoms with E-state index in [1.54, 1.807) is 11.5 Å². The van der Waals surface area contributed by atoms with Gasteiger partial charge in [0.25, 0.3) is 5.56 Å². The van der Waals surface area contributed by atoms with Crippen molar-refractivity contribution in [3.05, 3.63) is 133 Å². The fraction of sp³-hybridized carbons (Fsp3) is 0.222. The van der Waals surface area contributed by atoms with Gasteiger partial charge in [-0.25, -0.2) is 9.79 Å². The Labute approximate surface area is 268 Å². The van der Waals surface area contributed by atoms with Crippen molar-refractivity contribution in [3.63, 3.8) is 0 Å². The molecular weight excluding hydrogens is 600 g/mol. The van der Waals surface area contributed by atoms with Crippen molar-refractivity contribution < 1.29 is 19.1 Å². The summed E-state index contributed by atoms with van der Waals surface area (Å²) in [5.41, 5.74) is 3.81. The van der Waals surface area contributed by atoms with Crippen LogP contribution in [0.25, 0.3) is 22.7 Å². The van der Waals surface area contributed by atoms with Gasteiger partial charge in [0.15, 0.2) is 4.80 Å². The van der Waals surface area contributed by atoms with Gasteiger partial charge >= 0.3 is 5.97 Å². The van der Waals surface area contributed by atoms with Crippen LogP contribution in [0.5, 0.6) is 0 Å². The number of aromatic nitrogens is 2. The van der Waals surface area contributed by atoms with E-state index in [9.17, 15) is 14.4 Å². The van der Waals surface area contributed by atoms with Crippen LogP contribution in [-0.2, 0) is 25.6 Å².